The van der Waals surface area contributed by atoms with Gasteiger partial charge < -0.3 is 10.1 Å². The van der Waals surface area contributed by atoms with Crippen molar-refractivity contribution < 1.29 is 16.1 Å². The van der Waals surface area contributed by atoms with Crippen molar-refractivity contribution in [2.45, 2.75) is 6.61 Å². The summed E-state index contributed by atoms with van der Waals surface area (Å²) in [6.45, 7) is -0.00694. The van der Waals surface area contributed by atoms with Crippen molar-refractivity contribution in [1.82, 2.24) is 9.97 Å². The molecule has 0 amide bonds. The molecule has 0 aliphatic carbocycles. The fourth-order valence-corrected chi connectivity index (χ4v) is 0.384. The van der Waals surface area contributed by atoms with E-state index in [1.807, 2.05) is 0 Å². The summed E-state index contributed by atoms with van der Waals surface area (Å²) >= 11 is 0. The molecule has 1 rings (SSSR count). The molecule has 1 aromatic heterocycles. The van der Waals surface area contributed by atoms with Crippen LogP contribution in [0, 0.1) is 0 Å². The average molecular weight is 263 g/mol. The summed E-state index contributed by atoms with van der Waals surface area (Å²) in [6, 6.07) is 0. The van der Waals surface area contributed by atoms with Gasteiger partial charge in [-0.15, -0.1) is 0 Å². The second-order valence-corrected chi connectivity index (χ2v) is 6.50. The van der Waals surface area contributed by atoms with E-state index in [-0.39, 0.29) is 6.61 Å². The molecule has 11 heavy (non-hydrogen) atoms. The summed E-state index contributed by atoms with van der Waals surface area (Å²) in [7, 11) is 13.4. The molecule has 3 nitrogen and oxygen atoms in total. The van der Waals surface area contributed by atoms with Crippen molar-refractivity contribution in [2.24, 2.45) is 0 Å². The molecular formula is C4H6Cl3CoN2O. The third-order valence-electron chi connectivity index (χ3n) is 0.705. The average Bonchev–Trinajstić information content (AvgIpc) is 2.36. The van der Waals surface area contributed by atoms with Gasteiger partial charge in [0.05, 0.1) is 0 Å². The van der Waals surface area contributed by atoms with Crippen molar-refractivity contribution in [2.75, 3.05) is 0 Å². The fraction of sp³-hybridized carbons (Fsp3) is 0.250. The number of aliphatic hydroxyl groups excluding tert-OH is 1. The molecule has 0 aromatic carbocycles. The maximum atomic E-state index is 8.33. The summed E-state index contributed by atoms with van der Waals surface area (Å²) in [6.07, 6.45) is 3.27. The maximum absolute atomic E-state index is 8.33. The van der Waals surface area contributed by atoms with Crippen LogP contribution in [0.3, 0.4) is 0 Å². The number of H-pyrrole nitrogens is 1. The molecule has 0 aliphatic rings. The van der Waals surface area contributed by atoms with Crippen molar-refractivity contribution >= 4 is 30.4 Å². The fourth-order valence-electron chi connectivity index (χ4n) is 0.384. The van der Waals surface area contributed by atoms with E-state index in [4.69, 9.17) is 35.5 Å². The monoisotopic (exact) mass is 262 g/mol. The Kier molecular flexibility index (Phi) is 7.57. The molecule has 0 radical (unpaired) electrons. The van der Waals surface area contributed by atoms with Crippen LogP contribution >= 0.6 is 30.4 Å². The van der Waals surface area contributed by atoms with Gasteiger partial charge in [-0.3, -0.25) is 0 Å². The van der Waals surface area contributed by atoms with Crippen LogP contribution in [0.1, 0.15) is 5.82 Å². The van der Waals surface area contributed by atoms with Gasteiger partial charge in [0.2, 0.25) is 0 Å². The van der Waals surface area contributed by atoms with E-state index in [1.54, 1.807) is 12.4 Å². The Labute approximate surface area is 81.2 Å². The van der Waals surface area contributed by atoms with Crippen LogP contribution in [-0.4, -0.2) is 15.1 Å². The predicted molar refractivity (Wildman–Crippen MR) is 42.1 cm³/mol. The van der Waals surface area contributed by atoms with E-state index in [2.05, 4.69) is 9.97 Å². The second kappa shape index (κ2) is 7.21. The van der Waals surface area contributed by atoms with Crippen LogP contribution in [0.5, 0.6) is 0 Å². The number of aromatic amines is 1. The molecule has 68 valence electrons. The van der Waals surface area contributed by atoms with Gasteiger partial charge in [0.1, 0.15) is 12.4 Å². The predicted octanol–water partition coefficient (Wildman–Crippen LogP) is 1.97. The number of nitrogens with one attached hydrogen (secondary N) is 1. The van der Waals surface area contributed by atoms with Crippen LogP contribution < -0.4 is 0 Å². The minimum absolute atomic E-state index is 0.00694. The number of hydrogen-bond acceptors (Lipinski definition) is 2. The van der Waals surface area contributed by atoms with Gasteiger partial charge in [0, 0.05) is 12.4 Å². The van der Waals surface area contributed by atoms with E-state index in [1.165, 1.54) is 0 Å². The van der Waals surface area contributed by atoms with Gasteiger partial charge in [-0.2, -0.15) is 0 Å². The van der Waals surface area contributed by atoms with Crippen LogP contribution in [-0.2, 0) is 17.6 Å². The van der Waals surface area contributed by atoms with Gasteiger partial charge >= 0.3 is 41.4 Å². The first-order valence-corrected chi connectivity index (χ1v) is 6.70. The summed E-state index contributed by atoms with van der Waals surface area (Å²) in [5, 5.41) is 8.33. The van der Waals surface area contributed by atoms with E-state index >= 15 is 0 Å². The number of hydrogen-bond donors (Lipinski definition) is 2. The molecule has 0 aliphatic heterocycles. The number of rotatable bonds is 1. The zero-order valence-corrected chi connectivity index (χ0v) is 8.53. The molecular weight excluding hydrogens is 257 g/mol. The Morgan fingerprint density at radius 1 is 1.55 bits per heavy atom. The van der Waals surface area contributed by atoms with Crippen molar-refractivity contribution in [3.05, 3.63) is 18.2 Å². The third kappa shape index (κ3) is 8.45. The quantitative estimate of drug-likeness (QED) is 0.814. The van der Waals surface area contributed by atoms with Crippen LogP contribution in [0.4, 0.5) is 0 Å². The molecule has 1 heterocycles. The number of aliphatic hydroxyl groups is 1. The standard InChI is InChI=1S/C4H6N2O.3ClH.Co/c7-3-4-5-1-2-6-4;;;;/h1-2,7H,3H2,(H,5,6);3*1H;/q;;;;+3/p-3. The van der Waals surface area contributed by atoms with Crippen LogP contribution in [0.25, 0.3) is 0 Å². The Balaban J connectivity index is 0.000000218. The molecule has 0 saturated heterocycles. The van der Waals surface area contributed by atoms with Crippen molar-refractivity contribution in [3.63, 3.8) is 0 Å². The van der Waals surface area contributed by atoms with Crippen molar-refractivity contribution in [1.29, 1.82) is 0 Å². The van der Waals surface area contributed by atoms with E-state index in [0.29, 0.717) is 5.82 Å². The normalized spacial score (nSPS) is 10.0. The number of nitrogens with zero attached hydrogens (tertiary/aromatic N) is 1. The summed E-state index contributed by atoms with van der Waals surface area (Å²) in [5.41, 5.74) is 0. The zero-order chi connectivity index (χ0) is 8.69. The third-order valence-corrected chi connectivity index (χ3v) is 0.705. The van der Waals surface area contributed by atoms with Gasteiger partial charge in [0.25, 0.3) is 0 Å². The zero-order valence-electron chi connectivity index (χ0n) is 5.22. The molecule has 7 heteroatoms. The summed E-state index contributed by atoms with van der Waals surface area (Å²) in [5.74, 6) is 0.611. The van der Waals surface area contributed by atoms with Gasteiger partial charge in [0.15, 0.2) is 0 Å². The Hall–Kier alpha value is 0.546. The Bertz CT molecular complexity index is 167. The number of imidazole rings is 1. The number of aromatic nitrogens is 2. The van der Waals surface area contributed by atoms with Gasteiger partial charge in [-0.05, 0) is 0 Å². The van der Waals surface area contributed by atoms with E-state index in [9.17, 15) is 0 Å². The molecule has 0 unspecified atom stereocenters. The summed E-state index contributed by atoms with van der Waals surface area (Å²) < 4.78 is 0. The second-order valence-electron chi connectivity index (χ2n) is 1.34. The van der Waals surface area contributed by atoms with Crippen LogP contribution in [0.15, 0.2) is 12.4 Å². The molecule has 0 atom stereocenters. The SMILES string of the molecule is OCc1ncc[nH]1.[Cl][Co]([Cl])[Cl]. The first kappa shape index (κ1) is 11.5. The van der Waals surface area contributed by atoms with Gasteiger partial charge in [-0.1, -0.05) is 0 Å². The molecule has 1 aromatic rings. The first-order chi connectivity index (χ1) is 5.16. The van der Waals surface area contributed by atoms with Crippen LogP contribution in [0.2, 0.25) is 0 Å². The van der Waals surface area contributed by atoms with E-state index in [0.717, 1.165) is 0 Å². The summed E-state index contributed by atoms with van der Waals surface area (Å²) in [4.78, 5) is 6.45. The minimum atomic E-state index is -1.19. The number of halogens is 3. The van der Waals surface area contributed by atoms with E-state index < -0.39 is 10.9 Å². The Morgan fingerprint density at radius 2 is 2.09 bits per heavy atom. The topological polar surface area (TPSA) is 48.9 Å². The first-order valence-electron chi connectivity index (χ1n) is 2.40. The van der Waals surface area contributed by atoms with Gasteiger partial charge in [-0.25, -0.2) is 4.98 Å². The molecule has 0 spiro atoms. The molecule has 0 fully saturated rings. The Morgan fingerprint density at radius 3 is 2.27 bits per heavy atom. The van der Waals surface area contributed by atoms with Crippen molar-refractivity contribution in [3.8, 4) is 0 Å². The molecule has 0 saturated carbocycles. The molecule has 0 bridgehead atoms. The molecule has 2 N–H and O–H groups in total.